The number of fused-ring (bicyclic) bond motifs is 1. The van der Waals surface area contributed by atoms with E-state index >= 15 is 4.39 Å². The maximum atomic E-state index is 15.0. The van der Waals surface area contributed by atoms with Gasteiger partial charge in [-0.2, -0.15) is 0 Å². The lowest BCUT2D eigenvalue weighted by atomic mass is 10.0. The zero-order valence-electron chi connectivity index (χ0n) is 20.7. The van der Waals surface area contributed by atoms with Gasteiger partial charge < -0.3 is 15.6 Å². The highest BCUT2D eigenvalue weighted by Gasteiger charge is 2.25. The van der Waals surface area contributed by atoms with E-state index in [1.54, 1.807) is 48.8 Å². The minimum absolute atomic E-state index is 0.153. The number of nitrogens with one attached hydrogen (secondary N) is 3. The Kier molecular flexibility index (Phi) is 7.80. The molecule has 0 aliphatic rings. The molecule has 0 aliphatic heterocycles. The number of hydrogen-bond acceptors (Lipinski definition) is 3. The van der Waals surface area contributed by atoms with Gasteiger partial charge in [-0.1, -0.05) is 60.2 Å². The predicted molar refractivity (Wildman–Crippen MR) is 153 cm³/mol. The second kappa shape index (κ2) is 11.8. The number of halogens is 2. The summed E-state index contributed by atoms with van der Waals surface area (Å²) in [7, 11) is 0. The molecule has 6 nitrogen and oxygen atoms in total. The molecule has 0 saturated carbocycles. The molecule has 0 aliphatic carbocycles. The van der Waals surface area contributed by atoms with E-state index in [0.717, 1.165) is 22.0 Å². The minimum Gasteiger partial charge on any atom is -0.361 e. The van der Waals surface area contributed by atoms with Crippen molar-refractivity contribution in [2.24, 2.45) is 0 Å². The van der Waals surface area contributed by atoms with Crippen molar-refractivity contribution in [1.82, 2.24) is 15.3 Å². The number of anilines is 1. The Labute approximate surface area is 229 Å². The van der Waals surface area contributed by atoms with Crippen molar-refractivity contribution >= 4 is 52.2 Å². The monoisotopic (exact) mass is 538 g/mol. The molecular formula is C31H24ClFN4O2. The number of amides is 2. The summed E-state index contributed by atoms with van der Waals surface area (Å²) in [5.41, 5.74) is 3.64. The van der Waals surface area contributed by atoms with Crippen molar-refractivity contribution in [1.29, 1.82) is 0 Å². The van der Waals surface area contributed by atoms with Gasteiger partial charge in [0.15, 0.2) is 0 Å². The maximum absolute atomic E-state index is 15.0. The molecule has 194 valence electrons. The third-order valence-corrected chi connectivity index (χ3v) is 6.50. The lowest BCUT2D eigenvalue weighted by Gasteiger charge is -2.19. The van der Waals surface area contributed by atoms with Crippen LogP contribution >= 0.6 is 11.6 Å². The van der Waals surface area contributed by atoms with Crippen molar-refractivity contribution in [3.63, 3.8) is 0 Å². The number of para-hydroxylation sites is 1. The largest absolute Gasteiger partial charge is 0.361 e. The van der Waals surface area contributed by atoms with E-state index in [-0.39, 0.29) is 12.0 Å². The van der Waals surface area contributed by atoms with Crippen molar-refractivity contribution < 1.29 is 14.0 Å². The molecule has 2 aromatic heterocycles. The van der Waals surface area contributed by atoms with Gasteiger partial charge in [0.1, 0.15) is 11.9 Å². The number of H-pyrrole nitrogens is 1. The van der Waals surface area contributed by atoms with Crippen LogP contribution in [-0.2, 0) is 11.2 Å². The molecule has 3 N–H and O–H groups in total. The smallest absolute Gasteiger partial charge is 0.254 e. The number of aromatic amines is 1. The zero-order chi connectivity index (χ0) is 27.2. The predicted octanol–water partition coefficient (Wildman–Crippen LogP) is 6.51. The van der Waals surface area contributed by atoms with E-state index in [2.05, 4.69) is 20.6 Å². The van der Waals surface area contributed by atoms with E-state index in [4.69, 9.17) is 11.6 Å². The number of carbonyl (C=O) groups is 2. The first-order chi connectivity index (χ1) is 19.0. The van der Waals surface area contributed by atoms with Crippen molar-refractivity contribution in [2.45, 2.75) is 12.5 Å². The van der Waals surface area contributed by atoms with Crippen LogP contribution in [0.15, 0.2) is 97.5 Å². The first kappa shape index (κ1) is 25.9. The number of aromatic nitrogens is 2. The highest BCUT2D eigenvalue weighted by Crippen LogP contribution is 2.21. The molecule has 0 spiro atoms. The van der Waals surface area contributed by atoms with Crippen LogP contribution < -0.4 is 10.6 Å². The van der Waals surface area contributed by atoms with E-state index in [0.29, 0.717) is 16.3 Å². The average molecular weight is 539 g/mol. The van der Waals surface area contributed by atoms with Crippen LogP contribution in [0.1, 0.15) is 27.0 Å². The van der Waals surface area contributed by atoms with Gasteiger partial charge in [-0.25, -0.2) is 4.39 Å². The molecule has 0 saturated heterocycles. The van der Waals surface area contributed by atoms with E-state index < -0.39 is 23.7 Å². The zero-order valence-corrected chi connectivity index (χ0v) is 21.5. The first-order valence-electron chi connectivity index (χ1n) is 12.3. The van der Waals surface area contributed by atoms with Crippen LogP contribution in [0.2, 0.25) is 5.02 Å². The molecular weight excluding hydrogens is 515 g/mol. The lowest BCUT2D eigenvalue weighted by Crippen LogP contribution is -2.45. The standard InChI is InChI=1S/C31H24ClFN4O2/c32-23-10-7-20(8-11-23)5-6-21-9-12-26(27(33)17-21)30(38)37-29(31(39)36-24-13-15-34-16-14-24)18-22-19-35-28-4-2-1-3-25(22)28/h1-17,19,29,35H,18H2,(H,37,38)(H,34,36,39)/b6-5+. The molecule has 0 radical (unpaired) electrons. The topological polar surface area (TPSA) is 86.9 Å². The Morgan fingerprint density at radius 3 is 2.44 bits per heavy atom. The highest BCUT2D eigenvalue weighted by atomic mass is 35.5. The fraction of sp³-hybridized carbons (Fsp3) is 0.0645. The molecule has 2 heterocycles. The minimum atomic E-state index is -0.964. The summed E-state index contributed by atoms with van der Waals surface area (Å²) in [5.74, 6) is -1.80. The van der Waals surface area contributed by atoms with Crippen LogP contribution in [0.25, 0.3) is 23.1 Å². The van der Waals surface area contributed by atoms with Crippen LogP contribution in [0.4, 0.5) is 10.1 Å². The Bertz CT molecular complexity index is 1650. The summed E-state index contributed by atoms with van der Waals surface area (Å²) in [6.45, 7) is 0. The van der Waals surface area contributed by atoms with Gasteiger partial charge in [0.2, 0.25) is 5.91 Å². The normalized spacial score (nSPS) is 11.9. The third-order valence-electron chi connectivity index (χ3n) is 6.24. The molecule has 39 heavy (non-hydrogen) atoms. The summed E-state index contributed by atoms with van der Waals surface area (Å²) < 4.78 is 15.0. The summed E-state index contributed by atoms with van der Waals surface area (Å²) >= 11 is 5.92. The second-order valence-electron chi connectivity index (χ2n) is 8.94. The van der Waals surface area contributed by atoms with Gasteiger partial charge >= 0.3 is 0 Å². The van der Waals surface area contributed by atoms with Gasteiger partial charge in [0, 0.05) is 46.6 Å². The summed E-state index contributed by atoms with van der Waals surface area (Å²) in [6, 6.07) is 21.6. The number of nitrogens with zero attached hydrogens (tertiary/aromatic N) is 1. The van der Waals surface area contributed by atoms with Gasteiger partial charge in [0.25, 0.3) is 5.91 Å². The Hall–Kier alpha value is -4.75. The SMILES string of the molecule is O=C(NC(Cc1c[nH]c2ccccc12)C(=O)Nc1ccncc1)c1ccc(/C=C/c2ccc(Cl)cc2)cc1F. The van der Waals surface area contributed by atoms with Gasteiger partial charge in [-0.3, -0.25) is 14.6 Å². The van der Waals surface area contributed by atoms with Crippen molar-refractivity contribution in [2.75, 3.05) is 5.32 Å². The molecule has 8 heteroatoms. The van der Waals surface area contributed by atoms with Crippen molar-refractivity contribution in [3.05, 3.63) is 131 Å². The van der Waals surface area contributed by atoms with Crippen LogP contribution in [-0.4, -0.2) is 27.8 Å². The Morgan fingerprint density at radius 2 is 1.67 bits per heavy atom. The van der Waals surface area contributed by atoms with Gasteiger partial charge in [-0.15, -0.1) is 0 Å². The van der Waals surface area contributed by atoms with Crippen LogP contribution in [0, 0.1) is 5.82 Å². The summed E-state index contributed by atoms with van der Waals surface area (Å²) in [6.07, 6.45) is 8.70. The first-order valence-corrected chi connectivity index (χ1v) is 12.6. The van der Waals surface area contributed by atoms with E-state index in [1.165, 1.54) is 12.1 Å². The van der Waals surface area contributed by atoms with E-state index in [9.17, 15) is 9.59 Å². The number of carbonyl (C=O) groups excluding carboxylic acids is 2. The highest BCUT2D eigenvalue weighted by molar-refractivity contribution is 6.30. The molecule has 0 bridgehead atoms. The summed E-state index contributed by atoms with van der Waals surface area (Å²) in [5, 5.41) is 7.10. The Balaban J connectivity index is 1.35. The molecule has 3 aromatic carbocycles. The molecule has 0 fully saturated rings. The molecule has 1 atom stereocenters. The Morgan fingerprint density at radius 1 is 0.949 bits per heavy atom. The molecule has 2 amide bonds. The van der Waals surface area contributed by atoms with E-state index in [1.807, 2.05) is 48.7 Å². The van der Waals surface area contributed by atoms with Gasteiger partial charge in [-0.05, 0) is 59.2 Å². The van der Waals surface area contributed by atoms with Crippen molar-refractivity contribution in [3.8, 4) is 0 Å². The third kappa shape index (κ3) is 6.40. The quantitative estimate of drug-likeness (QED) is 0.197. The fourth-order valence-electron chi connectivity index (χ4n) is 4.22. The van der Waals surface area contributed by atoms with Crippen LogP contribution in [0.3, 0.4) is 0 Å². The maximum Gasteiger partial charge on any atom is 0.254 e. The molecule has 5 aromatic rings. The summed E-state index contributed by atoms with van der Waals surface area (Å²) in [4.78, 5) is 33.6. The second-order valence-corrected chi connectivity index (χ2v) is 9.38. The number of hydrogen-bond donors (Lipinski definition) is 3. The number of rotatable bonds is 8. The van der Waals surface area contributed by atoms with Gasteiger partial charge in [0.05, 0.1) is 5.56 Å². The molecule has 5 rings (SSSR count). The molecule has 1 unspecified atom stereocenters. The van der Waals surface area contributed by atoms with Crippen LogP contribution in [0.5, 0.6) is 0 Å². The lowest BCUT2D eigenvalue weighted by molar-refractivity contribution is -0.118. The average Bonchev–Trinajstić information content (AvgIpc) is 3.35. The number of benzene rings is 3. The fourth-order valence-corrected chi connectivity index (χ4v) is 4.34. The number of pyridine rings is 1.